The summed E-state index contributed by atoms with van der Waals surface area (Å²) in [5, 5.41) is 3.75. The first-order chi connectivity index (χ1) is 10.3. The Hall–Kier alpha value is -0.860. The lowest BCUT2D eigenvalue weighted by atomic mass is 9.82. The maximum atomic E-state index is 3.75. The summed E-state index contributed by atoms with van der Waals surface area (Å²) >= 11 is 0. The second kappa shape index (κ2) is 6.50. The van der Waals surface area contributed by atoms with Crippen LogP contribution in [0.1, 0.15) is 57.6 Å². The minimum absolute atomic E-state index is 0.548. The van der Waals surface area contributed by atoms with Gasteiger partial charge in [0.2, 0.25) is 0 Å². The Balaban J connectivity index is 1.72. The zero-order chi connectivity index (χ0) is 14.7. The Morgan fingerprint density at radius 3 is 2.48 bits per heavy atom. The van der Waals surface area contributed by atoms with E-state index in [0.717, 1.165) is 12.6 Å². The molecule has 1 atom stereocenters. The number of rotatable bonds is 7. The Kier molecular flexibility index (Phi) is 4.66. The first-order valence-electron chi connectivity index (χ1n) is 8.79. The molecule has 2 nitrogen and oxygen atoms in total. The van der Waals surface area contributed by atoms with Gasteiger partial charge in [-0.1, -0.05) is 44.2 Å². The smallest absolute Gasteiger partial charge is 0.0472 e. The highest BCUT2D eigenvalue weighted by Gasteiger charge is 2.38. The predicted octanol–water partition coefficient (Wildman–Crippen LogP) is 3.99. The molecule has 0 radical (unpaired) electrons. The van der Waals surface area contributed by atoms with E-state index in [4.69, 9.17) is 0 Å². The number of likely N-dealkylation sites (tertiary alicyclic amines) is 1. The third kappa shape index (κ3) is 3.49. The van der Waals surface area contributed by atoms with E-state index in [0.29, 0.717) is 11.5 Å². The van der Waals surface area contributed by atoms with E-state index in [2.05, 4.69) is 54.4 Å². The van der Waals surface area contributed by atoms with Crippen LogP contribution in [-0.4, -0.2) is 30.6 Å². The standard InChI is InChI=1S/C19H30N2/c1-3-19(4-2)12-13-21(15-19)18(14-20-17-10-11-17)16-8-6-5-7-9-16/h5-9,17-18,20H,3-4,10-15H2,1-2H3. The van der Waals surface area contributed by atoms with Gasteiger partial charge in [-0.2, -0.15) is 0 Å². The van der Waals surface area contributed by atoms with Gasteiger partial charge in [-0.3, -0.25) is 4.90 Å². The van der Waals surface area contributed by atoms with Crippen molar-refractivity contribution in [3.8, 4) is 0 Å². The summed E-state index contributed by atoms with van der Waals surface area (Å²) in [7, 11) is 0. The Bertz CT molecular complexity index is 434. The zero-order valence-corrected chi connectivity index (χ0v) is 13.6. The largest absolute Gasteiger partial charge is 0.312 e. The number of hydrogen-bond acceptors (Lipinski definition) is 2. The van der Waals surface area contributed by atoms with Gasteiger partial charge in [0.25, 0.3) is 0 Å². The van der Waals surface area contributed by atoms with Gasteiger partial charge >= 0.3 is 0 Å². The average molecular weight is 286 g/mol. The molecule has 1 aliphatic carbocycles. The fraction of sp³-hybridized carbons (Fsp3) is 0.684. The molecule has 2 heteroatoms. The fourth-order valence-corrected chi connectivity index (χ4v) is 3.76. The minimum Gasteiger partial charge on any atom is -0.312 e. The van der Waals surface area contributed by atoms with Crippen LogP contribution in [0.5, 0.6) is 0 Å². The van der Waals surface area contributed by atoms with Crippen LogP contribution in [0, 0.1) is 5.41 Å². The molecule has 1 saturated heterocycles. The normalized spacial score (nSPS) is 23.3. The molecule has 1 aromatic rings. The van der Waals surface area contributed by atoms with Gasteiger partial charge in [-0.15, -0.1) is 0 Å². The summed E-state index contributed by atoms with van der Waals surface area (Å²) in [4.78, 5) is 2.73. The van der Waals surface area contributed by atoms with Crippen molar-refractivity contribution in [2.45, 2.75) is 58.0 Å². The highest BCUT2D eigenvalue weighted by molar-refractivity contribution is 5.20. The van der Waals surface area contributed by atoms with Crippen molar-refractivity contribution in [2.75, 3.05) is 19.6 Å². The minimum atomic E-state index is 0.548. The van der Waals surface area contributed by atoms with E-state index >= 15 is 0 Å². The number of benzene rings is 1. The van der Waals surface area contributed by atoms with Crippen molar-refractivity contribution in [3.05, 3.63) is 35.9 Å². The first-order valence-corrected chi connectivity index (χ1v) is 8.79. The molecule has 1 saturated carbocycles. The summed E-state index contributed by atoms with van der Waals surface area (Å²) in [5.74, 6) is 0. The quantitative estimate of drug-likeness (QED) is 0.815. The van der Waals surface area contributed by atoms with Gasteiger partial charge in [-0.05, 0) is 49.6 Å². The number of hydrogen-bond donors (Lipinski definition) is 1. The van der Waals surface area contributed by atoms with E-state index in [-0.39, 0.29) is 0 Å². The van der Waals surface area contributed by atoms with Crippen molar-refractivity contribution in [1.29, 1.82) is 0 Å². The first kappa shape index (κ1) is 15.1. The van der Waals surface area contributed by atoms with Crippen LogP contribution in [0.25, 0.3) is 0 Å². The topological polar surface area (TPSA) is 15.3 Å². The molecule has 116 valence electrons. The third-order valence-corrected chi connectivity index (χ3v) is 5.77. The predicted molar refractivity (Wildman–Crippen MR) is 89.4 cm³/mol. The molecule has 3 rings (SSSR count). The molecule has 1 heterocycles. The lowest BCUT2D eigenvalue weighted by Gasteiger charge is -2.32. The van der Waals surface area contributed by atoms with Crippen molar-refractivity contribution >= 4 is 0 Å². The summed E-state index contributed by atoms with van der Waals surface area (Å²) in [5.41, 5.74) is 2.04. The van der Waals surface area contributed by atoms with E-state index in [1.54, 1.807) is 0 Å². The third-order valence-electron chi connectivity index (χ3n) is 5.77. The molecule has 2 fully saturated rings. The molecule has 1 aliphatic heterocycles. The Morgan fingerprint density at radius 2 is 1.90 bits per heavy atom. The molecular weight excluding hydrogens is 256 g/mol. The van der Waals surface area contributed by atoms with E-state index in [1.807, 2.05) is 0 Å². The van der Waals surface area contributed by atoms with Crippen LogP contribution in [0.15, 0.2) is 30.3 Å². The summed E-state index contributed by atoms with van der Waals surface area (Å²) in [6.07, 6.45) is 6.74. The molecule has 0 aromatic heterocycles. The molecule has 1 N–H and O–H groups in total. The van der Waals surface area contributed by atoms with Gasteiger partial charge in [-0.25, -0.2) is 0 Å². The van der Waals surface area contributed by atoms with Crippen LogP contribution in [0.3, 0.4) is 0 Å². The van der Waals surface area contributed by atoms with Crippen LogP contribution >= 0.6 is 0 Å². The molecule has 0 amide bonds. The van der Waals surface area contributed by atoms with Gasteiger partial charge < -0.3 is 5.32 Å². The monoisotopic (exact) mass is 286 g/mol. The molecule has 0 spiro atoms. The highest BCUT2D eigenvalue weighted by Crippen LogP contribution is 2.40. The Labute approximate surface area is 129 Å². The number of nitrogens with zero attached hydrogens (tertiary/aromatic N) is 1. The average Bonchev–Trinajstić information content (AvgIpc) is 3.27. The van der Waals surface area contributed by atoms with Crippen LogP contribution in [0.4, 0.5) is 0 Å². The molecule has 21 heavy (non-hydrogen) atoms. The van der Waals surface area contributed by atoms with Gasteiger partial charge in [0.1, 0.15) is 0 Å². The highest BCUT2D eigenvalue weighted by atomic mass is 15.2. The van der Waals surface area contributed by atoms with Crippen LogP contribution in [0.2, 0.25) is 0 Å². The Morgan fingerprint density at radius 1 is 1.19 bits per heavy atom. The van der Waals surface area contributed by atoms with Crippen molar-refractivity contribution in [2.24, 2.45) is 5.41 Å². The van der Waals surface area contributed by atoms with Crippen LogP contribution < -0.4 is 5.32 Å². The summed E-state index contributed by atoms with van der Waals surface area (Å²) in [6.45, 7) is 8.37. The maximum Gasteiger partial charge on any atom is 0.0472 e. The van der Waals surface area contributed by atoms with Crippen LogP contribution in [-0.2, 0) is 0 Å². The lowest BCUT2D eigenvalue weighted by Crippen LogP contribution is -2.36. The molecule has 1 aromatic carbocycles. The maximum absolute atomic E-state index is 3.75. The van der Waals surface area contributed by atoms with E-state index in [9.17, 15) is 0 Å². The SMILES string of the molecule is CCC1(CC)CCN(C(CNC2CC2)c2ccccc2)C1. The molecule has 0 bridgehead atoms. The molecular formula is C19H30N2. The zero-order valence-electron chi connectivity index (χ0n) is 13.6. The van der Waals surface area contributed by atoms with Gasteiger partial charge in [0.05, 0.1) is 0 Å². The van der Waals surface area contributed by atoms with Gasteiger partial charge in [0.15, 0.2) is 0 Å². The van der Waals surface area contributed by atoms with E-state index < -0.39 is 0 Å². The second-order valence-electron chi connectivity index (χ2n) is 7.04. The lowest BCUT2D eigenvalue weighted by molar-refractivity contribution is 0.190. The molecule has 2 aliphatic rings. The summed E-state index contributed by atoms with van der Waals surface area (Å²) < 4.78 is 0. The fourth-order valence-electron chi connectivity index (χ4n) is 3.76. The van der Waals surface area contributed by atoms with E-state index in [1.165, 1.54) is 50.8 Å². The molecule has 1 unspecified atom stereocenters. The second-order valence-corrected chi connectivity index (χ2v) is 7.04. The van der Waals surface area contributed by atoms with Crippen molar-refractivity contribution < 1.29 is 0 Å². The summed E-state index contributed by atoms with van der Waals surface area (Å²) in [6, 6.07) is 12.4. The van der Waals surface area contributed by atoms with Crippen molar-refractivity contribution in [3.63, 3.8) is 0 Å². The van der Waals surface area contributed by atoms with Crippen molar-refractivity contribution in [1.82, 2.24) is 10.2 Å². The number of nitrogens with one attached hydrogen (secondary N) is 1. The van der Waals surface area contributed by atoms with Gasteiger partial charge in [0, 0.05) is 25.2 Å².